The highest BCUT2D eigenvalue weighted by molar-refractivity contribution is 5.16. The molecule has 5 heteroatoms. The molecule has 0 heterocycles. The molecule has 6 atom stereocenters. The fourth-order valence-electron chi connectivity index (χ4n) is 4.07. The van der Waals surface area contributed by atoms with Crippen molar-refractivity contribution < 1.29 is 23.4 Å². The lowest BCUT2D eigenvalue weighted by molar-refractivity contribution is -0.104. The van der Waals surface area contributed by atoms with E-state index in [0.29, 0.717) is 25.7 Å². The second kappa shape index (κ2) is 7.25. The van der Waals surface area contributed by atoms with Crippen LogP contribution < -0.4 is 0 Å². The molecule has 0 saturated heterocycles. The Morgan fingerprint density at radius 2 is 1.36 bits per heavy atom. The monoisotopic (exact) mass is 316 g/mol. The summed E-state index contributed by atoms with van der Waals surface area (Å²) >= 11 is 0. The molecule has 22 heavy (non-hydrogen) atoms. The summed E-state index contributed by atoms with van der Waals surface area (Å²) in [5.74, 6) is 1.76. The zero-order chi connectivity index (χ0) is 16.3. The van der Waals surface area contributed by atoms with Gasteiger partial charge in [0.25, 0.3) is 0 Å². The number of hydrogen-bond acceptors (Lipinski definition) is 3. The van der Waals surface area contributed by atoms with Crippen LogP contribution in [0, 0.1) is 24.2 Å². The lowest BCUT2D eigenvalue weighted by atomic mass is 9.65. The molecule has 0 amide bonds. The van der Waals surface area contributed by atoms with Crippen molar-refractivity contribution in [2.75, 3.05) is 14.2 Å². The van der Waals surface area contributed by atoms with Gasteiger partial charge in [0.15, 0.2) is 0 Å². The van der Waals surface area contributed by atoms with Gasteiger partial charge in [0.2, 0.25) is 0 Å². The Kier molecular flexibility index (Phi) is 5.81. The van der Waals surface area contributed by atoms with E-state index in [1.165, 1.54) is 14.2 Å². The maximum Gasteiger partial charge on any atom is 0.131 e. The van der Waals surface area contributed by atoms with Crippen molar-refractivity contribution in [1.29, 1.82) is 0 Å². The predicted octanol–water partition coefficient (Wildman–Crippen LogP) is 2.66. The van der Waals surface area contributed by atoms with Crippen LogP contribution in [0.3, 0.4) is 0 Å². The minimum Gasteiger partial charge on any atom is -0.378 e. The van der Waals surface area contributed by atoms with Crippen LogP contribution in [0.5, 0.6) is 0 Å². The Labute approximate surface area is 131 Å². The average Bonchev–Trinajstić information content (AvgIpc) is 2.53. The molecule has 2 aliphatic rings. The van der Waals surface area contributed by atoms with Gasteiger partial charge in [-0.3, -0.25) is 0 Å². The Morgan fingerprint density at radius 3 is 1.64 bits per heavy atom. The molecular formula is C17H26F2O3. The largest absolute Gasteiger partial charge is 0.378 e. The topological polar surface area (TPSA) is 38.7 Å². The first kappa shape index (κ1) is 17.7. The van der Waals surface area contributed by atoms with Gasteiger partial charge in [-0.25, -0.2) is 8.78 Å². The molecule has 0 spiro atoms. The number of ether oxygens (including phenoxy) is 2. The van der Waals surface area contributed by atoms with Crippen LogP contribution in [0.15, 0.2) is 0 Å². The smallest absolute Gasteiger partial charge is 0.131 e. The van der Waals surface area contributed by atoms with E-state index in [1.807, 2.05) is 0 Å². The number of hydrogen-bond donors (Lipinski definition) is 1. The van der Waals surface area contributed by atoms with Crippen molar-refractivity contribution in [1.82, 2.24) is 0 Å². The first-order valence-corrected chi connectivity index (χ1v) is 8.00. The highest BCUT2D eigenvalue weighted by Gasteiger charge is 2.49. The van der Waals surface area contributed by atoms with Crippen molar-refractivity contribution >= 4 is 0 Å². The normalized spacial score (nSPS) is 42.4. The van der Waals surface area contributed by atoms with E-state index in [9.17, 15) is 13.9 Å². The molecule has 6 unspecified atom stereocenters. The van der Waals surface area contributed by atoms with Gasteiger partial charge in [-0.1, -0.05) is 5.92 Å². The predicted molar refractivity (Wildman–Crippen MR) is 79.9 cm³/mol. The number of aliphatic hydroxyl groups is 1. The number of methoxy groups -OCH3 is 2. The number of rotatable bonds is 4. The highest BCUT2D eigenvalue weighted by atomic mass is 19.1. The highest BCUT2D eigenvalue weighted by Crippen LogP contribution is 2.44. The van der Waals surface area contributed by atoms with Gasteiger partial charge in [0, 0.05) is 26.1 Å². The third kappa shape index (κ3) is 3.29. The molecule has 3 nitrogen and oxygen atoms in total. The Balaban J connectivity index is 2.08. The van der Waals surface area contributed by atoms with Gasteiger partial charge >= 0.3 is 0 Å². The summed E-state index contributed by atoms with van der Waals surface area (Å²) in [7, 11) is 2.98. The lowest BCUT2D eigenvalue weighted by Crippen LogP contribution is -2.51. The van der Waals surface area contributed by atoms with Crippen LogP contribution >= 0.6 is 0 Å². The standard InChI is InChI=1S/C17H26F2O3/c1-4-17(20,11-5-7-15(21-2)13(18)9-11)12-6-8-16(22-3)14(19)10-12/h1,11-16,20H,5-10H2,2-3H3. The van der Waals surface area contributed by atoms with E-state index < -0.39 is 30.2 Å². The molecule has 0 radical (unpaired) electrons. The summed E-state index contributed by atoms with van der Waals surface area (Å²) in [4.78, 5) is 0. The lowest BCUT2D eigenvalue weighted by Gasteiger charge is -2.45. The summed E-state index contributed by atoms with van der Waals surface area (Å²) in [5, 5.41) is 11.0. The summed E-state index contributed by atoms with van der Waals surface area (Å²) in [6.07, 6.45) is 5.02. The van der Waals surface area contributed by atoms with E-state index in [4.69, 9.17) is 15.9 Å². The molecule has 2 saturated carbocycles. The van der Waals surface area contributed by atoms with Crippen molar-refractivity contribution in [3.63, 3.8) is 0 Å². The minimum absolute atomic E-state index is 0.167. The number of terminal acetylenes is 1. The average molecular weight is 316 g/mol. The Morgan fingerprint density at radius 1 is 0.955 bits per heavy atom. The van der Waals surface area contributed by atoms with E-state index in [-0.39, 0.29) is 24.7 Å². The zero-order valence-electron chi connectivity index (χ0n) is 13.3. The molecule has 0 bridgehead atoms. The molecule has 0 aromatic carbocycles. The van der Waals surface area contributed by atoms with Crippen molar-refractivity contribution in [3.8, 4) is 12.3 Å². The van der Waals surface area contributed by atoms with Crippen LogP contribution in [0.25, 0.3) is 0 Å². The van der Waals surface area contributed by atoms with Gasteiger partial charge < -0.3 is 14.6 Å². The van der Waals surface area contributed by atoms with E-state index in [1.54, 1.807) is 0 Å². The van der Waals surface area contributed by atoms with Gasteiger partial charge in [-0.15, -0.1) is 6.42 Å². The maximum atomic E-state index is 14.1. The van der Waals surface area contributed by atoms with Crippen LogP contribution in [-0.4, -0.2) is 49.5 Å². The van der Waals surface area contributed by atoms with Gasteiger partial charge in [0.1, 0.15) is 17.9 Å². The van der Waals surface area contributed by atoms with Crippen molar-refractivity contribution in [2.24, 2.45) is 11.8 Å². The zero-order valence-corrected chi connectivity index (χ0v) is 13.3. The van der Waals surface area contributed by atoms with Crippen molar-refractivity contribution in [3.05, 3.63) is 0 Å². The molecule has 126 valence electrons. The van der Waals surface area contributed by atoms with Crippen LogP contribution in [0.2, 0.25) is 0 Å². The first-order valence-electron chi connectivity index (χ1n) is 8.00. The van der Waals surface area contributed by atoms with Crippen LogP contribution in [-0.2, 0) is 9.47 Å². The molecule has 0 aromatic rings. The number of halogens is 2. The second-order valence-corrected chi connectivity index (χ2v) is 6.57. The quantitative estimate of drug-likeness (QED) is 0.811. The minimum atomic E-state index is -1.45. The van der Waals surface area contributed by atoms with Gasteiger partial charge in [-0.2, -0.15) is 0 Å². The first-order chi connectivity index (χ1) is 10.5. The van der Waals surface area contributed by atoms with E-state index >= 15 is 0 Å². The molecule has 0 aromatic heterocycles. The Hall–Kier alpha value is -0.700. The Bertz CT molecular complexity index is 381. The molecular weight excluding hydrogens is 290 g/mol. The van der Waals surface area contributed by atoms with Crippen LogP contribution in [0.4, 0.5) is 8.78 Å². The van der Waals surface area contributed by atoms with E-state index in [2.05, 4.69) is 5.92 Å². The fraction of sp³-hybridized carbons (Fsp3) is 0.882. The summed E-state index contributed by atoms with van der Waals surface area (Å²) in [6.45, 7) is 0. The number of alkyl halides is 2. The maximum absolute atomic E-state index is 14.1. The summed E-state index contributed by atoms with van der Waals surface area (Å²) in [6, 6.07) is 0. The molecule has 0 aliphatic heterocycles. The SMILES string of the molecule is C#CC(O)(C1CCC(OC)C(F)C1)C1CCC(OC)C(F)C1. The summed E-state index contributed by atoms with van der Waals surface area (Å²) in [5.41, 5.74) is -1.45. The third-order valence-corrected chi connectivity index (χ3v) is 5.51. The van der Waals surface area contributed by atoms with Gasteiger partial charge in [-0.05, 0) is 38.5 Å². The molecule has 2 aliphatic carbocycles. The molecule has 2 rings (SSSR count). The molecule has 2 fully saturated rings. The van der Waals surface area contributed by atoms with Crippen LogP contribution in [0.1, 0.15) is 38.5 Å². The van der Waals surface area contributed by atoms with Gasteiger partial charge in [0.05, 0.1) is 12.2 Å². The van der Waals surface area contributed by atoms with Crippen molar-refractivity contribution in [2.45, 2.75) is 68.7 Å². The second-order valence-electron chi connectivity index (χ2n) is 6.57. The summed E-state index contributed by atoms with van der Waals surface area (Å²) < 4.78 is 38.5. The fourth-order valence-corrected chi connectivity index (χ4v) is 4.07. The van der Waals surface area contributed by atoms with E-state index in [0.717, 1.165) is 0 Å². The third-order valence-electron chi connectivity index (χ3n) is 5.51. The molecule has 1 N–H and O–H groups in total.